The van der Waals surface area contributed by atoms with Crippen molar-refractivity contribution in [3.63, 3.8) is 0 Å². The summed E-state index contributed by atoms with van der Waals surface area (Å²) in [5.74, 6) is -0.894. The number of ether oxygens (including phenoxy) is 2. The smallest absolute Gasteiger partial charge is 0.338 e. The van der Waals surface area contributed by atoms with E-state index in [1.807, 2.05) is 19.9 Å². The van der Waals surface area contributed by atoms with Gasteiger partial charge in [0.1, 0.15) is 5.75 Å². The predicted molar refractivity (Wildman–Crippen MR) is 92.7 cm³/mol. The van der Waals surface area contributed by atoms with Crippen molar-refractivity contribution in [1.82, 2.24) is 0 Å². The third-order valence-electron chi connectivity index (χ3n) is 3.49. The Hall–Kier alpha value is -2.56. The number of benzene rings is 1. The van der Waals surface area contributed by atoms with Gasteiger partial charge in [0.25, 0.3) is 0 Å². The van der Waals surface area contributed by atoms with Crippen molar-refractivity contribution in [2.45, 2.75) is 34.6 Å². The molecule has 0 bridgehead atoms. The summed E-state index contributed by atoms with van der Waals surface area (Å²) in [6.07, 6.45) is 4.16. The van der Waals surface area contributed by atoms with Gasteiger partial charge in [-0.3, -0.25) is 0 Å². The van der Waals surface area contributed by atoms with Gasteiger partial charge in [-0.25, -0.2) is 9.59 Å². The number of aryl methyl sites for hydroxylation is 2. The summed E-state index contributed by atoms with van der Waals surface area (Å²) in [6.45, 7) is 9.37. The van der Waals surface area contributed by atoms with Crippen molar-refractivity contribution in [1.29, 1.82) is 0 Å². The van der Waals surface area contributed by atoms with Gasteiger partial charge in [0.05, 0.1) is 18.8 Å². The lowest BCUT2D eigenvalue weighted by Crippen LogP contribution is -2.07. The summed E-state index contributed by atoms with van der Waals surface area (Å²) in [7, 11) is 0. The van der Waals surface area contributed by atoms with Crippen LogP contribution in [0.1, 0.15) is 36.1 Å². The molecule has 1 rings (SSSR count). The first-order valence-corrected chi connectivity index (χ1v) is 7.85. The van der Waals surface area contributed by atoms with Crippen molar-refractivity contribution in [2.75, 3.05) is 13.2 Å². The molecular weight excluding hydrogens is 308 g/mol. The van der Waals surface area contributed by atoms with Crippen LogP contribution in [0.3, 0.4) is 0 Å². The van der Waals surface area contributed by atoms with Crippen LogP contribution in [0.25, 0.3) is 6.08 Å². The fourth-order valence-electron chi connectivity index (χ4n) is 2.31. The summed E-state index contributed by atoms with van der Waals surface area (Å²) in [6, 6.07) is 1.84. The molecule has 0 amide bonds. The molecule has 0 spiro atoms. The van der Waals surface area contributed by atoms with Crippen LogP contribution in [0.5, 0.6) is 5.75 Å². The Morgan fingerprint density at radius 2 is 1.67 bits per heavy atom. The van der Waals surface area contributed by atoms with Crippen LogP contribution in [0.2, 0.25) is 0 Å². The Morgan fingerprint density at radius 1 is 1.04 bits per heavy atom. The highest BCUT2D eigenvalue weighted by atomic mass is 16.5. The average Bonchev–Trinajstić information content (AvgIpc) is 2.52. The van der Waals surface area contributed by atoms with E-state index in [9.17, 15) is 14.7 Å². The minimum Gasteiger partial charge on any atom is -0.507 e. The van der Waals surface area contributed by atoms with Gasteiger partial charge >= 0.3 is 11.9 Å². The molecular formula is C19H24O5. The molecule has 0 saturated carbocycles. The molecule has 0 saturated heterocycles. The Morgan fingerprint density at radius 3 is 2.25 bits per heavy atom. The number of rotatable bonds is 6. The van der Waals surface area contributed by atoms with Crippen LogP contribution < -0.4 is 0 Å². The van der Waals surface area contributed by atoms with Gasteiger partial charge < -0.3 is 14.6 Å². The molecule has 0 heterocycles. The van der Waals surface area contributed by atoms with E-state index in [0.29, 0.717) is 5.56 Å². The second-order valence-electron chi connectivity index (χ2n) is 5.30. The molecule has 0 aliphatic carbocycles. The number of phenolic OH excluding ortho intramolecular Hbond substituents is 1. The highest BCUT2D eigenvalue weighted by Crippen LogP contribution is 2.29. The van der Waals surface area contributed by atoms with E-state index in [0.717, 1.165) is 16.7 Å². The van der Waals surface area contributed by atoms with Crippen molar-refractivity contribution < 1.29 is 24.2 Å². The Kier molecular flexibility index (Phi) is 7.24. The molecule has 0 fully saturated rings. The second-order valence-corrected chi connectivity index (χ2v) is 5.30. The first-order chi connectivity index (χ1) is 11.3. The summed E-state index contributed by atoms with van der Waals surface area (Å²) >= 11 is 0. The lowest BCUT2D eigenvalue weighted by atomic mass is 9.96. The zero-order valence-electron chi connectivity index (χ0n) is 14.8. The summed E-state index contributed by atoms with van der Waals surface area (Å²) in [5, 5.41) is 10.1. The third-order valence-corrected chi connectivity index (χ3v) is 3.49. The zero-order chi connectivity index (χ0) is 18.3. The maximum absolute atomic E-state index is 12.1. The second kappa shape index (κ2) is 8.91. The van der Waals surface area contributed by atoms with Gasteiger partial charge in [0.2, 0.25) is 0 Å². The highest BCUT2D eigenvalue weighted by Gasteiger charge is 2.13. The summed E-state index contributed by atoms with van der Waals surface area (Å²) in [4.78, 5) is 23.6. The number of phenols is 1. The topological polar surface area (TPSA) is 72.8 Å². The van der Waals surface area contributed by atoms with Gasteiger partial charge in [-0.05, 0) is 69.0 Å². The first-order valence-electron chi connectivity index (χ1n) is 7.85. The third kappa shape index (κ3) is 4.98. The van der Waals surface area contributed by atoms with Crippen molar-refractivity contribution in [3.05, 3.63) is 46.0 Å². The fourth-order valence-corrected chi connectivity index (χ4v) is 2.31. The van der Waals surface area contributed by atoms with E-state index in [1.165, 1.54) is 12.2 Å². The maximum atomic E-state index is 12.1. The lowest BCUT2D eigenvalue weighted by Gasteiger charge is -2.12. The van der Waals surface area contributed by atoms with Gasteiger partial charge in [-0.2, -0.15) is 0 Å². The standard InChI is InChI=1S/C19H24O5/c1-6-23-17(20)9-8-15(19(22)24-7-2)11-16-12(3)10-13(4)18(21)14(16)5/h8-11,21H,6-7H2,1-5H3/b9-8+,15-11+. The molecule has 130 valence electrons. The quantitative estimate of drug-likeness (QED) is 0.491. The molecule has 0 aliphatic heterocycles. The van der Waals surface area contributed by atoms with Gasteiger partial charge in [0.15, 0.2) is 0 Å². The molecule has 5 nitrogen and oxygen atoms in total. The van der Waals surface area contributed by atoms with Crippen LogP contribution in [0.4, 0.5) is 0 Å². The number of esters is 2. The van der Waals surface area contributed by atoms with Gasteiger partial charge in [-0.15, -0.1) is 0 Å². The van der Waals surface area contributed by atoms with Crippen molar-refractivity contribution in [2.24, 2.45) is 0 Å². The fraction of sp³-hybridized carbons (Fsp3) is 0.368. The minimum absolute atomic E-state index is 0.185. The molecule has 1 aromatic rings. The van der Waals surface area contributed by atoms with E-state index < -0.39 is 11.9 Å². The van der Waals surface area contributed by atoms with E-state index in [2.05, 4.69) is 0 Å². The Balaban J connectivity index is 3.34. The predicted octanol–water partition coefficient (Wildman–Crippen LogP) is 3.38. The number of carbonyl (C=O) groups excluding carboxylic acids is 2. The van der Waals surface area contributed by atoms with Crippen molar-refractivity contribution >= 4 is 18.0 Å². The summed E-state index contributed by atoms with van der Waals surface area (Å²) in [5.41, 5.74) is 3.27. The maximum Gasteiger partial charge on any atom is 0.338 e. The van der Waals surface area contributed by atoms with E-state index in [1.54, 1.807) is 26.8 Å². The van der Waals surface area contributed by atoms with Crippen LogP contribution >= 0.6 is 0 Å². The molecule has 0 unspecified atom stereocenters. The minimum atomic E-state index is -0.545. The molecule has 0 radical (unpaired) electrons. The van der Waals surface area contributed by atoms with E-state index in [-0.39, 0.29) is 24.5 Å². The van der Waals surface area contributed by atoms with Crippen LogP contribution in [0, 0.1) is 20.8 Å². The molecule has 1 N–H and O–H groups in total. The number of hydrogen-bond acceptors (Lipinski definition) is 5. The molecule has 0 atom stereocenters. The summed E-state index contributed by atoms with van der Waals surface area (Å²) < 4.78 is 9.85. The zero-order valence-corrected chi connectivity index (χ0v) is 14.8. The number of hydrogen-bond donors (Lipinski definition) is 1. The molecule has 1 aromatic carbocycles. The van der Waals surface area contributed by atoms with E-state index >= 15 is 0 Å². The SMILES string of the molecule is CCOC(=O)/C=C/C(=C\c1c(C)cc(C)c(O)c1C)C(=O)OCC. The molecule has 0 aromatic heterocycles. The van der Waals surface area contributed by atoms with Crippen LogP contribution in [-0.4, -0.2) is 30.3 Å². The molecule has 0 aliphatic rings. The molecule has 5 heteroatoms. The monoisotopic (exact) mass is 332 g/mol. The van der Waals surface area contributed by atoms with Crippen LogP contribution in [0.15, 0.2) is 23.8 Å². The van der Waals surface area contributed by atoms with E-state index in [4.69, 9.17) is 9.47 Å². The first kappa shape index (κ1) is 19.5. The molecule has 24 heavy (non-hydrogen) atoms. The number of carbonyl (C=O) groups is 2. The van der Waals surface area contributed by atoms with Gasteiger partial charge in [-0.1, -0.05) is 6.07 Å². The number of aromatic hydroxyl groups is 1. The Bertz CT molecular complexity index is 683. The largest absolute Gasteiger partial charge is 0.507 e. The van der Waals surface area contributed by atoms with Crippen molar-refractivity contribution in [3.8, 4) is 5.75 Å². The average molecular weight is 332 g/mol. The Labute approximate surface area is 142 Å². The highest BCUT2D eigenvalue weighted by molar-refractivity contribution is 5.99. The van der Waals surface area contributed by atoms with Gasteiger partial charge in [0, 0.05) is 6.08 Å². The van der Waals surface area contributed by atoms with Crippen LogP contribution in [-0.2, 0) is 19.1 Å². The lowest BCUT2D eigenvalue weighted by molar-refractivity contribution is -0.138. The normalized spacial score (nSPS) is 11.6.